The second-order valence-corrected chi connectivity index (χ2v) is 9.86. The zero-order chi connectivity index (χ0) is 14.9. The lowest BCUT2D eigenvalue weighted by molar-refractivity contribution is 0.132. The number of hydrogen-bond donors (Lipinski definition) is 1. The van der Waals surface area contributed by atoms with Crippen LogP contribution in [0.1, 0.15) is 38.2 Å². The van der Waals surface area contributed by atoms with Crippen LogP contribution in [0.25, 0.3) is 0 Å². The van der Waals surface area contributed by atoms with Crippen LogP contribution in [0.4, 0.5) is 0 Å². The van der Waals surface area contributed by atoms with Crippen molar-refractivity contribution in [3.05, 3.63) is 15.4 Å². The van der Waals surface area contributed by atoms with E-state index in [2.05, 4.69) is 15.9 Å². The van der Waals surface area contributed by atoms with E-state index >= 15 is 0 Å². The molecular formula is C13H20BrNO3S2. The fraction of sp³-hybridized carbons (Fsp3) is 0.692. The lowest BCUT2D eigenvalue weighted by Gasteiger charge is -2.35. The molecule has 1 aromatic heterocycles. The molecule has 1 saturated heterocycles. The highest BCUT2D eigenvalue weighted by atomic mass is 79.9. The Hall–Kier alpha value is 0.0500. The number of thiophene rings is 1. The van der Waals surface area contributed by atoms with Gasteiger partial charge in [-0.3, -0.25) is 0 Å². The minimum atomic E-state index is -3.45. The molecule has 4 nitrogen and oxygen atoms in total. The van der Waals surface area contributed by atoms with Gasteiger partial charge in [-0.05, 0) is 60.7 Å². The van der Waals surface area contributed by atoms with Crippen LogP contribution in [0.15, 0.2) is 14.1 Å². The third kappa shape index (κ3) is 3.44. The van der Waals surface area contributed by atoms with E-state index in [1.54, 1.807) is 17.3 Å². The summed E-state index contributed by atoms with van der Waals surface area (Å²) in [6.07, 6.45) is 2.77. The zero-order valence-corrected chi connectivity index (χ0v) is 14.9. The molecule has 7 heteroatoms. The summed E-state index contributed by atoms with van der Waals surface area (Å²) in [5.74, 6) is 0. The SMILES string of the molecule is Cc1cc(S(=O)(=O)N2CCCCC2CC(C)O)sc1Br. The molecule has 2 atom stereocenters. The third-order valence-corrected chi connectivity index (χ3v) is 8.12. The Morgan fingerprint density at radius 2 is 2.25 bits per heavy atom. The van der Waals surface area contributed by atoms with Crippen LogP contribution in [0, 0.1) is 6.92 Å². The number of sulfonamides is 1. The Bertz CT molecular complexity index is 549. The summed E-state index contributed by atoms with van der Waals surface area (Å²) >= 11 is 4.64. The van der Waals surface area contributed by atoms with Crippen molar-refractivity contribution in [1.82, 2.24) is 4.31 Å². The first-order chi connectivity index (χ1) is 9.32. The molecule has 0 aromatic carbocycles. The minimum Gasteiger partial charge on any atom is -0.393 e. The Morgan fingerprint density at radius 3 is 2.80 bits per heavy atom. The summed E-state index contributed by atoms with van der Waals surface area (Å²) in [6, 6.07) is 1.63. The number of piperidine rings is 1. The van der Waals surface area contributed by atoms with Crippen molar-refractivity contribution >= 4 is 37.3 Å². The highest BCUT2D eigenvalue weighted by molar-refractivity contribution is 9.11. The minimum absolute atomic E-state index is 0.0880. The quantitative estimate of drug-likeness (QED) is 0.871. The summed E-state index contributed by atoms with van der Waals surface area (Å²) < 4.78 is 28.4. The number of nitrogens with zero attached hydrogens (tertiary/aromatic N) is 1. The van der Waals surface area contributed by atoms with Crippen molar-refractivity contribution in [2.45, 2.75) is 55.9 Å². The predicted molar refractivity (Wildman–Crippen MR) is 84.6 cm³/mol. The van der Waals surface area contributed by atoms with E-state index in [1.807, 2.05) is 6.92 Å². The van der Waals surface area contributed by atoms with Gasteiger partial charge >= 0.3 is 0 Å². The fourth-order valence-electron chi connectivity index (χ4n) is 2.59. The van der Waals surface area contributed by atoms with Gasteiger partial charge in [0.15, 0.2) is 0 Å². The van der Waals surface area contributed by atoms with E-state index in [0.29, 0.717) is 17.2 Å². The van der Waals surface area contributed by atoms with Gasteiger partial charge in [0.25, 0.3) is 10.0 Å². The van der Waals surface area contributed by atoms with Gasteiger partial charge in [-0.15, -0.1) is 11.3 Å². The summed E-state index contributed by atoms with van der Waals surface area (Å²) in [5.41, 5.74) is 0.942. The largest absolute Gasteiger partial charge is 0.393 e. The molecule has 0 saturated carbocycles. The van der Waals surface area contributed by atoms with Crippen molar-refractivity contribution in [3.8, 4) is 0 Å². The molecule has 2 heterocycles. The standard InChI is InChI=1S/C13H20BrNO3S2/c1-9-7-12(19-13(9)14)20(17,18)15-6-4-3-5-11(15)8-10(2)16/h7,10-11,16H,3-6,8H2,1-2H3. The van der Waals surface area contributed by atoms with Crippen LogP contribution in [0.3, 0.4) is 0 Å². The van der Waals surface area contributed by atoms with Gasteiger partial charge in [-0.1, -0.05) is 6.42 Å². The van der Waals surface area contributed by atoms with E-state index in [0.717, 1.165) is 28.6 Å². The van der Waals surface area contributed by atoms with Gasteiger partial charge in [0.1, 0.15) is 4.21 Å². The van der Waals surface area contributed by atoms with Gasteiger partial charge in [0, 0.05) is 12.6 Å². The molecule has 1 N–H and O–H groups in total. The van der Waals surface area contributed by atoms with E-state index in [-0.39, 0.29) is 6.04 Å². The first-order valence-corrected chi connectivity index (χ1v) is 9.83. The van der Waals surface area contributed by atoms with Crippen LogP contribution >= 0.6 is 27.3 Å². The fourth-order valence-corrected chi connectivity index (χ4v) is 6.65. The second kappa shape index (κ2) is 6.44. The Labute approximate surface area is 133 Å². The van der Waals surface area contributed by atoms with Crippen LogP contribution in [-0.2, 0) is 10.0 Å². The van der Waals surface area contributed by atoms with E-state index in [4.69, 9.17) is 0 Å². The highest BCUT2D eigenvalue weighted by Gasteiger charge is 2.35. The average Bonchev–Trinajstić information content (AvgIpc) is 2.70. The number of aliphatic hydroxyl groups is 1. The van der Waals surface area contributed by atoms with Crippen LogP contribution < -0.4 is 0 Å². The van der Waals surface area contributed by atoms with Crippen molar-refractivity contribution in [3.63, 3.8) is 0 Å². The lowest BCUT2D eigenvalue weighted by Crippen LogP contribution is -2.44. The van der Waals surface area contributed by atoms with Crippen molar-refractivity contribution in [2.24, 2.45) is 0 Å². The highest BCUT2D eigenvalue weighted by Crippen LogP contribution is 2.35. The summed E-state index contributed by atoms with van der Waals surface area (Å²) in [6.45, 7) is 4.16. The van der Waals surface area contributed by atoms with Crippen LogP contribution in [0.2, 0.25) is 0 Å². The topological polar surface area (TPSA) is 57.6 Å². The number of aliphatic hydroxyl groups excluding tert-OH is 1. The molecule has 0 spiro atoms. The van der Waals surface area contributed by atoms with Crippen molar-refractivity contribution in [1.29, 1.82) is 0 Å². The molecule has 20 heavy (non-hydrogen) atoms. The van der Waals surface area contributed by atoms with Gasteiger partial charge in [-0.25, -0.2) is 8.42 Å². The molecular weight excluding hydrogens is 362 g/mol. The third-order valence-electron chi connectivity index (χ3n) is 3.58. The maximum Gasteiger partial charge on any atom is 0.252 e. The van der Waals surface area contributed by atoms with E-state index in [9.17, 15) is 13.5 Å². The predicted octanol–water partition coefficient (Wildman–Crippen LogP) is 3.13. The Kier molecular flexibility index (Phi) is 5.29. The van der Waals surface area contributed by atoms with Crippen molar-refractivity contribution < 1.29 is 13.5 Å². The van der Waals surface area contributed by atoms with Gasteiger partial charge in [-0.2, -0.15) is 4.31 Å². The van der Waals surface area contributed by atoms with E-state index < -0.39 is 16.1 Å². The number of rotatable bonds is 4. The monoisotopic (exact) mass is 381 g/mol. The molecule has 1 aliphatic heterocycles. The van der Waals surface area contributed by atoms with Gasteiger partial charge in [0.05, 0.1) is 9.89 Å². The molecule has 0 amide bonds. The molecule has 0 bridgehead atoms. The maximum atomic E-state index is 12.8. The summed E-state index contributed by atoms with van der Waals surface area (Å²) in [5, 5.41) is 9.58. The lowest BCUT2D eigenvalue weighted by atomic mass is 10.00. The maximum absolute atomic E-state index is 12.8. The van der Waals surface area contributed by atoms with Crippen molar-refractivity contribution in [2.75, 3.05) is 6.54 Å². The van der Waals surface area contributed by atoms with E-state index in [1.165, 1.54) is 11.3 Å². The number of aryl methyl sites for hydroxylation is 1. The number of halogens is 1. The Morgan fingerprint density at radius 1 is 1.55 bits per heavy atom. The molecule has 2 unspecified atom stereocenters. The molecule has 2 rings (SSSR count). The second-order valence-electron chi connectivity index (χ2n) is 5.37. The molecule has 1 aliphatic rings. The number of hydrogen-bond acceptors (Lipinski definition) is 4. The molecule has 114 valence electrons. The normalized spacial score (nSPS) is 22.9. The van der Waals surface area contributed by atoms with Gasteiger partial charge in [0.2, 0.25) is 0 Å². The Balaban J connectivity index is 2.30. The zero-order valence-electron chi connectivity index (χ0n) is 11.7. The molecule has 1 fully saturated rings. The average molecular weight is 382 g/mol. The first kappa shape index (κ1) is 16.4. The smallest absolute Gasteiger partial charge is 0.252 e. The summed E-state index contributed by atoms with van der Waals surface area (Å²) in [4.78, 5) is 0. The molecule has 0 radical (unpaired) electrons. The first-order valence-electron chi connectivity index (χ1n) is 6.78. The van der Waals surface area contributed by atoms with Crippen LogP contribution in [0.5, 0.6) is 0 Å². The molecule has 0 aliphatic carbocycles. The summed E-state index contributed by atoms with van der Waals surface area (Å²) in [7, 11) is -3.45. The van der Waals surface area contributed by atoms with Crippen LogP contribution in [-0.4, -0.2) is 36.5 Å². The molecule has 1 aromatic rings. The van der Waals surface area contributed by atoms with Gasteiger partial charge < -0.3 is 5.11 Å².